The van der Waals surface area contributed by atoms with E-state index in [1.807, 2.05) is 0 Å². The van der Waals surface area contributed by atoms with Crippen LogP contribution in [0.5, 0.6) is 0 Å². The molecule has 3 aliphatic heterocycles. The molecule has 1 N–H and O–H groups in total. The molecule has 13 aromatic carbocycles. The van der Waals surface area contributed by atoms with E-state index in [9.17, 15) is 0 Å². The Balaban J connectivity index is 0.976. The smallest absolute Gasteiger partial charge is 0.333 e. The first-order valence-corrected chi connectivity index (χ1v) is 29.1. The Morgan fingerprint density at radius 3 is 1.48 bits per heavy atom. The number of fused-ring (bicyclic) bond motifs is 13. The first-order valence-electron chi connectivity index (χ1n) is 29.1. The molecule has 6 heteroatoms. The summed E-state index contributed by atoms with van der Waals surface area (Å²) in [5.41, 5.74) is 30.8. The molecule has 0 bridgehead atoms. The summed E-state index contributed by atoms with van der Waals surface area (Å²) in [6.07, 6.45) is 0. The predicted molar refractivity (Wildman–Crippen MR) is 356 cm³/mol. The van der Waals surface area contributed by atoms with Crippen LogP contribution in [0.2, 0.25) is 0 Å². The average Bonchev–Trinajstić information content (AvgIpc) is 1.50. The maximum Gasteiger partial charge on any atom is 0.333 e. The van der Waals surface area contributed by atoms with Crippen LogP contribution >= 0.6 is 0 Å². The lowest BCUT2D eigenvalue weighted by Gasteiger charge is -2.41. The van der Waals surface area contributed by atoms with Crippen molar-refractivity contribution in [2.45, 2.75) is 0 Å². The highest BCUT2D eigenvalue weighted by molar-refractivity contribution is 6.90. The van der Waals surface area contributed by atoms with E-state index in [2.05, 4.69) is 318 Å². The van der Waals surface area contributed by atoms with E-state index in [4.69, 9.17) is 0 Å². The van der Waals surface area contributed by atoms with Gasteiger partial charge in [0.1, 0.15) is 0 Å². The van der Waals surface area contributed by atoms with Gasteiger partial charge >= 0.3 is 6.85 Å². The number of H-pyrrole nitrogens is 1. The molecule has 2 aromatic heterocycles. The monoisotopic (exact) mass is 1060 g/mol. The highest BCUT2D eigenvalue weighted by Crippen LogP contribution is 2.54. The van der Waals surface area contributed by atoms with Crippen molar-refractivity contribution in [1.82, 2.24) is 9.46 Å². The fourth-order valence-electron chi connectivity index (χ4n) is 14.5. The fourth-order valence-corrected chi connectivity index (χ4v) is 14.5. The van der Waals surface area contributed by atoms with Gasteiger partial charge in [-0.05, 0) is 145 Å². The van der Waals surface area contributed by atoms with Gasteiger partial charge in [0, 0.05) is 83.3 Å². The fraction of sp³-hybridized carbons (Fsp3) is 0. The highest BCUT2D eigenvalue weighted by atomic mass is 15.2. The molecule has 0 saturated heterocycles. The van der Waals surface area contributed by atoms with Crippen LogP contribution in [0.4, 0.5) is 34.1 Å². The summed E-state index contributed by atoms with van der Waals surface area (Å²) in [6, 6.07) is 108. The number of nitrogens with one attached hydrogen (secondary N) is 1. The van der Waals surface area contributed by atoms with Crippen molar-refractivity contribution in [1.29, 1.82) is 0 Å². The third-order valence-corrected chi connectivity index (χ3v) is 18.1. The van der Waals surface area contributed by atoms with Crippen LogP contribution in [0.3, 0.4) is 0 Å². The Bertz CT molecular complexity index is 5150. The molecule has 18 rings (SSSR count). The predicted octanol–water partition coefficient (Wildman–Crippen LogP) is 17.6. The minimum absolute atomic E-state index is 0.154. The van der Waals surface area contributed by atoms with E-state index in [0.29, 0.717) is 0 Å². The van der Waals surface area contributed by atoms with Crippen molar-refractivity contribution >= 4 is 114 Å². The SMILES string of the molecule is [B]1c2ccccc2N(c2ccc(-c3ccccc3)cc2)c2cc(-c3ccccc3)cc(-c3c4[nH]c5ccccc5c4c4c5c3c3ccccc3n5B3c5ccccc5N(c5ccc(-c6ccccc6)cc5)c5cc(-c6ccccc6)cc-4c53)c21. The van der Waals surface area contributed by atoms with E-state index in [-0.39, 0.29) is 6.85 Å². The van der Waals surface area contributed by atoms with Crippen molar-refractivity contribution < 1.29 is 0 Å². The van der Waals surface area contributed by atoms with Gasteiger partial charge in [0.2, 0.25) is 0 Å². The molecule has 0 fully saturated rings. The first-order chi connectivity index (χ1) is 41.7. The lowest BCUT2D eigenvalue weighted by atomic mass is 9.45. The number of rotatable bonds is 7. The third-order valence-electron chi connectivity index (χ3n) is 18.1. The molecule has 0 atom stereocenters. The second kappa shape index (κ2) is 18.4. The van der Waals surface area contributed by atoms with Gasteiger partial charge in [0.05, 0.1) is 5.52 Å². The largest absolute Gasteiger partial charge is 0.375 e. The van der Waals surface area contributed by atoms with E-state index >= 15 is 0 Å². The second-order valence-corrected chi connectivity index (χ2v) is 22.6. The summed E-state index contributed by atoms with van der Waals surface area (Å²) in [7, 11) is 2.45. The van der Waals surface area contributed by atoms with Gasteiger partial charge in [-0.25, -0.2) is 0 Å². The van der Waals surface area contributed by atoms with Crippen LogP contribution in [0.25, 0.3) is 110 Å². The summed E-state index contributed by atoms with van der Waals surface area (Å²) in [5.74, 6) is 0. The zero-order valence-corrected chi connectivity index (χ0v) is 45.7. The van der Waals surface area contributed by atoms with Crippen LogP contribution in [-0.4, -0.2) is 23.6 Å². The summed E-state index contributed by atoms with van der Waals surface area (Å²) in [6.45, 7) is -0.154. The van der Waals surface area contributed by atoms with Gasteiger partial charge in [-0.15, -0.1) is 0 Å². The maximum atomic E-state index is 4.21. The van der Waals surface area contributed by atoms with Crippen molar-refractivity contribution in [2.75, 3.05) is 9.80 Å². The molecule has 0 amide bonds. The van der Waals surface area contributed by atoms with E-state index in [1.54, 1.807) is 0 Å². The van der Waals surface area contributed by atoms with Gasteiger partial charge in [-0.2, -0.15) is 0 Å². The van der Waals surface area contributed by atoms with Crippen molar-refractivity contribution in [3.05, 3.63) is 291 Å². The van der Waals surface area contributed by atoms with E-state index < -0.39 is 0 Å². The summed E-state index contributed by atoms with van der Waals surface area (Å²) in [4.78, 5) is 9.25. The van der Waals surface area contributed by atoms with Gasteiger partial charge < -0.3 is 19.3 Å². The van der Waals surface area contributed by atoms with Gasteiger partial charge in [-0.1, -0.05) is 224 Å². The van der Waals surface area contributed by atoms with Crippen LogP contribution < -0.4 is 31.7 Å². The molecular weight excluding hydrogens is 1010 g/mol. The summed E-state index contributed by atoms with van der Waals surface area (Å²) >= 11 is 0. The molecule has 3 aliphatic rings. The first kappa shape index (κ1) is 46.9. The molecule has 84 heavy (non-hydrogen) atoms. The van der Waals surface area contributed by atoms with Crippen molar-refractivity contribution in [2.24, 2.45) is 0 Å². The quantitative estimate of drug-likeness (QED) is 0.161. The zero-order valence-electron chi connectivity index (χ0n) is 45.7. The Labute approximate surface area is 488 Å². The number of nitrogens with zero attached hydrogens (tertiary/aromatic N) is 3. The van der Waals surface area contributed by atoms with Crippen molar-refractivity contribution in [3.63, 3.8) is 0 Å². The second-order valence-electron chi connectivity index (χ2n) is 22.6. The molecule has 387 valence electrons. The van der Waals surface area contributed by atoms with Gasteiger partial charge in [0.25, 0.3) is 0 Å². The van der Waals surface area contributed by atoms with E-state index in [0.717, 1.165) is 44.9 Å². The number of aromatic amines is 1. The number of anilines is 6. The zero-order chi connectivity index (χ0) is 55.0. The number of benzene rings is 13. The third kappa shape index (κ3) is 6.92. The Morgan fingerprint density at radius 2 is 0.833 bits per heavy atom. The standard InChI is InChI=1S/C78H49B2N4/c1-5-21-49(22-6-1)53-37-41-57(42-38-53)82-67-35-19-15-31-63(67)79-75-61(45-55(47-69(75)82)51-25-9-3-10-26-51)72-73-60-30-14-18-34-66(60)84-78(73)74(71-59-29-13-17-33-65(59)81-77(71)72)62-46-56(52-27-11-4-12-28-52)48-70-76(62)80(84)64-32-16-20-36-68(64)83(70)58-43-39-54(40-44-58)50-23-7-2-8-24-50/h1-48,81H. The van der Waals surface area contributed by atoms with Crippen molar-refractivity contribution in [3.8, 4) is 66.8 Å². The lowest BCUT2D eigenvalue weighted by molar-refractivity contribution is 1.26. The van der Waals surface area contributed by atoms with Gasteiger partial charge in [0.15, 0.2) is 7.28 Å². The molecule has 5 heterocycles. The Hall–Kier alpha value is -10.8. The molecule has 1 radical (unpaired) electrons. The number of hydrogen-bond acceptors (Lipinski definition) is 2. The Morgan fingerprint density at radius 1 is 0.345 bits per heavy atom. The average molecular weight is 1060 g/mol. The molecule has 0 spiro atoms. The molecule has 0 aliphatic carbocycles. The minimum atomic E-state index is -0.154. The summed E-state index contributed by atoms with van der Waals surface area (Å²) in [5, 5.41) is 4.89. The molecule has 0 unspecified atom stereocenters. The normalized spacial score (nSPS) is 12.8. The Kier molecular flexibility index (Phi) is 10.2. The van der Waals surface area contributed by atoms with Gasteiger partial charge in [-0.3, -0.25) is 0 Å². The topological polar surface area (TPSA) is 27.2 Å². The highest BCUT2D eigenvalue weighted by Gasteiger charge is 2.45. The minimum Gasteiger partial charge on any atom is -0.375 e. The number of hydrogen-bond donors (Lipinski definition) is 1. The van der Waals surface area contributed by atoms with Crippen LogP contribution in [-0.2, 0) is 0 Å². The maximum absolute atomic E-state index is 4.21. The molecule has 0 saturated carbocycles. The number of aromatic nitrogens is 2. The molecule has 4 nitrogen and oxygen atoms in total. The van der Waals surface area contributed by atoms with E-state index in [1.165, 1.54) is 121 Å². The van der Waals surface area contributed by atoms with Crippen LogP contribution in [0.15, 0.2) is 291 Å². The summed E-state index contributed by atoms with van der Waals surface area (Å²) < 4.78 is 2.74. The molecule has 15 aromatic rings. The number of para-hydroxylation sites is 4. The van der Waals surface area contributed by atoms with Crippen LogP contribution in [0, 0.1) is 0 Å². The molecular formula is C78H49B2N4. The van der Waals surface area contributed by atoms with Crippen LogP contribution in [0.1, 0.15) is 0 Å². The lowest BCUT2D eigenvalue weighted by Crippen LogP contribution is -2.56.